The number of anilines is 2. The molecule has 0 aromatic heterocycles. The summed E-state index contributed by atoms with van der Waals surface area (Å²) in [6, 6.07) is 0. The number of carbonyl (C=O) groups excluding carboxylic acids is 3. The van der Waals surface area contributed by atoms with Gasteiger partial charge in [-0.05, 0) is 64.6 Å². The number of esters is 1. The Morgan fingerprint density at radius 3 is 1.73 bits per heavy atom. The van der Waals surface area contributed by atoms with Crippen molar-refractivity contribution in [2.45, 2.75) is 27.7 Å². The molecule has 0 saturated carbocycles. The third kappa shape index (κ3) is 4.31. The smallest absolute Gasteiger partial charge is 0.340 e. The first kappa shape index (κ1) is 19.1. The van der Waals surface area contributed by atoms with Crippen molar-refractivity contribution in [1.82, 2.24) is 0 Å². The van der Waals surface area contributed by atoms with Crippen LogP contribution in [0.3, 0.4) is 0 Å². The number of ether oxygens (including phenoxy) is 1. The second kappa shape index (κ2) is 8.09. The minimum Gasteiger partial charge on any atom is -0.462 e. The highest BCUT2D eigenvalue weighted by Crippen LogP contribution is 2.37. The molecule has 0 saturated heterocycles. The molecule has 0 heterocycles. The van der Waals surface area contributed by atoms with Gasteiger partial charge in [-0.1, -0.05) is 0 Å². The summed E-state index contributed by atoms with van der Waals surface area (Å²) < 4.78 is 6.25. The van der Waals surface area contributed by atoms with E-state index < -0.39 is 5.97 Å². The van der Waals surface area contributed by atoms with Crippen LogP contribution in [-0.4, -0.2) is 24.4 Å². The van der Waals surface area contributed by atoms with E-state index in [1.165, 1.54) is 13.8 Å². The lowest BCUT2D eigenvalue weighted by Gasteiger charge is -2.19. The third-order valence-electron chi connectivity index (χ3n) is 2.71. The van der Waals surface area contributed by atoms with E-state index in [-0.39, 0.29) is 18.4 Å². The van der Waals surface area contributed by atoms with Gasteiger partial charge < -0.3 is 15.4 Å². The predicted molar refractivity (Wildman–Crippen MR) is 101 cm³/mol. The quantitative estimate of drug-likeness (QED) is 0.463. The molecular weight excluding hydrogens is 514 g/mol. The summed E-state index contributed by atoms with van der Waals surface area (Å²) in [7, 11) is 0. The van der Waals surface area contributed by atoms with Crippen LogP contribution in [-0.2, 0) is 14.3 Å². The zero-order valence-electron chi connectivity index (χ0n) is 12.6. The number of amides is 2. The Hall–Kier alpha value is -0.910. The molecule has 0 aliphatic carbocycles. The molecule has 1 rings (SSSR count). The van der Waals surface area contributed by atoms with Gasteiger partial charge in [0.2, 0.25) is 11.8 Å². The van der Waals surface area contributed by atoms with Crippen molar-refractivity contribution in [3.05, 3.63) is 18.3 Å². The highest BCUT2D eigenvalue weighted by atomic mass is 127. The largest absolute Gasteiger partial charge is 0.462 e. The number of rotatable bonds is 4. The summed E-state index contributed by atoms with van der Waals surface area (Å²) in [6.07, 6.45) is 0. The molecule has 22 heavy (non-hydrogen) atoms. The molecule has 0 aliphatic rings. The van der Waals surface area contributed by atoms with E-state index in [1.807, 2.05) is 45.2 Å². The van der Waals surface area contributed by atoms with E-state index in [4.69, 9.17) is 4.74 Å². The molecule has 1 aromatic carbocycles. The number of halogens is 2. The first-order valence-corrected chi connectivity index (χ1v) is 8.60. The Labute approximate surface area is 156 Å². The average molecular weight is 530 g/mol. The topological polar surface area (TPSA) is 84.5 Å². The van der Waals surface area contributed by atoms with Gasteiger partial charge in [0, 0.05) is 13.8 Å². The molecule has 1 aromatic rings. The van der Waals surface area contributed by atoms with Gasteiger partial charge >= 0.3 is 5.97 Å². The Kier molecular flexibility index (Phi) is 7.03. The van der Waals surface area contributed by atoms with Gasteiger partial charge in [-0.25, -0.2) is 4.79 Å². The van der Waals surface area contributed by atoms with Crippen LogP contribution in [0.5, 0.6) is 0 Å². The lowest BCUT2D eigenvalue weighted by molar-refractivity contribution is -0.115. The monoisotopic (exact) mass is 530 g/mol. The van der Waals surface area contributed by atoms with Crippen molar-refractivity contribution in [2.24, 2.45) is 0 Å². The van der Waals surface area contributed by atoms with E-state index in [0.717, 1.165) is 0 Å². The van der Waals surface area contributed by atoms with E-state index in [2.05, 4.69) is 10.6 Å². The standard InChI is InChI=1S/C14H16I2N2O4/c1-5-22-14(21)9-10(15)12(17-7(3)19)6(2)13(11(9)16)18-8(4)20/h5H2,1-4H3,(H,17,19)(H,18,20). The summed E-state index contributed by atoms with van der Waals surface area (Å²) in [4.78, 5) is 35.1. The molecular formula is C14H16I2N2O4. The zero-order valence-corrected chi connectivity index (χ0v) is 16.9. The lowest BCUT2D eigenvalue weighted by atomic mass is 10.1. The van der Waals surface area contributed by atoms with Crippen molar-refractivity contribution >= 4 is 74.3 Å². The average Bonchev–Trinajstić information content (AvgIpc) is 2.39. The van der Waals surface area contributed by atoms with Crippen molar-refractivity contribution < 1.29 is 19.1 Å². The zero-order chi connectivity index (χ0) is 17.0. The van der Waals surface area contributed by atoms with E-state index in [1.54, 1.807) is 13.8 Å². The maximum atomic E-state index is 12.2. The minimum absolute atomic E-state index is 0.240. The SMILES string of the molecule is CCOC(=O)c1c(I)c(NC(C)=O)c(C)c(NC(C)=O)c1I. The summed E-state index contributed by atoms with van der Waals surface area (Å²) >= 11 is 4.00. The molecule has 0 aliphatic heterocycles. The Bertz CT molecular complexity index is 601. The molecule has 6 nitrogen and oxygen atoms in total. The molecule has 8 heteroatoms. The van der Waals surface area contributed by atoms with Gasteiger partial charge in [-0.15, -0.1) is 0 Å². The Morgan fingerprint density at radius 1 is 1.00 bits per heavy atom. The van der Waals surface area contributed by atoms with Gasteiger partial charge in [-0.3, -0.25) is 9.59 Å². The fourth-order valence-corrected chi connectivity index (χ4v) is 4.41. The molecule has 2 amide bonds. The number of benzene rings is 1. The van der Waals surface area contributed by atoms with Crippen LogP contribution < -0.4 is 10.6 Å². The van der Waals surface area contributed by atoms with E-state index >= 15 is 0 Å². The van der Waals surface area contributed by atoms with Crippen LogP contribution in [0.1, 0.15) is 36.7 Å². The second-order valence-electron chi connectivity index (χ2n) is 4.46. The van der Waals surface area contributed by atoms with Gasteiger partial charge in [0.1, 0.15) is 0 Å². The number of hydrogen-bond donors (Lipinski definition) is 2. The van der Waals surface area contributed by atoms with Crippen LogP contribution in [0.2, 0.25) is 0 Å². The molecule has 0 fully saturated rings. The lowest BCUT2D eigenvalue weighted by Crippen LogP contribution is -2.19. The third-order valence-corrected chi connectivity index (χ3v) is 4.87. The molecule has 0 atom stereocenters. The first-order valence-electron chi connectivity index (χ1n) is 6.44. The number of carbonyl (C=O) groups is 3. The highest BCUT2D eigenvalue weighted by Gasteiger charge is 2.25. The second-order valence-corrected chi connectivity index (χ2v) is 6.62. The molecule has 120 valence electrons. The van der Waals surface area contributed by atoms with Crippen molar-refractivity contribution in [2.75, 3.05) is 17.2 Å². The predicted octanol–water partition coefficient (Wildman–Crippen LogP) is 3.30. The van der Waals surface area contributed by atoms with Crippen molar-refractivity contribution in [3.63, 3.8) is 0 Å². The van der Waals surface area contributed by atoms with Gasteiger partial charge in [-0.2, -0.15) is 0 Å². The van der Waals surface area contributed by atoms with Crippen LogP contribution in [0.4, 0.5) is 11.4 Å². The van der Waals surface area contributed by atoms with Crippen LogP contribution >= 0.6 is 45.2 Å². The molecule has 0 unspecified atom stereocenters. The van der Waals surface area contributed by atoms with Gasteiger partial charge in [0.05, 0.1) is 30.7 Å². The maximum absolute atomic E-state index is 12.2. The van der Waals surface area contributed by atoms with Gasteiger partial charge in [0.25, 0.3) is 0 Å². The van der Waals surface area contributed by atoms with Crippen LogP contribution in [0, 0.1) is 14.1 Å². The molecule has 2 N–H and O–H groups in total. The fourth-order valence-electron chi connectivity index (χ4n) is 1.83. The van der Waals surface area contributed by atoms with Crippen LogP contribution in [0.25, 0.3) is 0 Å². The molecule has 0 spiro atoms. The Morgan fingerprint density at radius 2 is 1.41 bits per heavy atom. The summed E-state index contributed by atoms with van der Waals surface area (Å²) in [5, 5.41) is 5.42. The summed E-state index contributed by atoms with van der Waals surface area (Å²) in [5.41, 5.74) is 2.02. The van der Waals surface area contributed by atoms with Crippen molar-refractivity contribution in [1.29, 1.82) is 0 Å². The van der Waals surface area contributed by atoms with E-state index in [0.29, 0.717) is 29.6 Å². The van der Waals surface area contributed by atoms with Crippen molar-refractivity contribution in [3.8, 4) is 0 Å². The fraction of sp³-hybridized carbons (Fsp3) is 0.357. The normalized spacial score (nSPS) is 10.1. The first-order chi connectivity index (χ1) is 10.2. The van der Waals surface area contributed by atoms with Crippen LogP contribution in [0.15, 0.2) is 0 Å². The molecule has 0 radical (unpaired) electrons. The Balaban J connectivity index is 3.64. The molecule has 0 bridgehead atoms. The highest BCUT2D eigenvalue weighted by molar-refractivity contribution is 14.1. The van der Waals surface area contributed by atoms with E-state index in [9.17, 15) is 14.4 Å². The van der Waals surface area contributed by atoms with Gasteiger partial charge in [0.15, 0.2) is 0 Å². The number of hydrogen-bond acceptors (Lipinski definition) is 4. The number of nitrogens with one attached hydrogen (secondary N) is 2. The summed E-state index contributed by atoms with van der Waals surface area (Å²) in [5.74, 6) is -1.01. The maximum Gasteiger partial charge on any atom is 0.340 e. The minimum atomic E-state index is -0.491. The summed E-state index contributed by atoms with van der Waals surface area (Å²) in [6.45, 7) is 6.50.